The summed E-state index contributed by atoms with van der Waals surface area (Å²) in [6.07, 6.45) is 2.20. The number of benzene rings is 1. The molecule has 8 nitrogen and oxygen atoms in total. The minimum atomic E-state index is -0.387. The number of hydrogen-bond donors (Lipinski definition) is 2. The molecule has 0 saturated carbocycles. The lowest BCUT2D eigenvalue weighted by Crippen LogP contribution is -2.39. The van der Waals surface area contributed by atoms with Crippen molar-refractivity contribution in [2.45, 2.75) is 33.2 Å². The molecule has 1 aromatic rings. The van der Waals surface area contributed by atoms with Crippen LogP contribution in [0.5, 0.6) is 0 Å². The third-order valence-corrected chi connectivity index (χ3v) is 3.49. The summed E-state index contributed by atoms with van der Waals surface area (Å²) in [7, 11) is 0. The number of para-hydroxylation sites is 1. The molecule has 0 fully saturated rings. The highest BCUT2D eigenvalue weighted by atomic mass is 16.6. The van der Waals surface area contributed by atoms with E-state index in [1.54, 1.807) is 18.2 Å². The molecule has 0 aromatic heterocycles. The Morgan fingerprint density at radius 3 is 2.54 bits per heavy atom. The van der Waals surface area contributed by atoms with Gasteiger partial charge in [-0.3, -0.25) is 10.1 Å². The van der Waals surface area contributed by atoms with E-state index in [2.05, 4.69) is 22.5 Å². The van der Waals surface area contributed by atoms with Crippen molar-refractivity contribution < 1.29 is 14.4 Å². The Balaban J connectivity index is 2.35. The van der Waals surface area contributed by atoms with Gasteiger partial charge in [-0.05, 0) is 13.3 Å². The summed E-state index contributed by atoms with van der Waals surface area (Å²) in [6, 6.07) is 6.63. The van der Waals surface area contributed by atoms with E-state index in [0.29, 0.717) is 44.4 Å². The molecule has 0 aliphatic carbocycles. The van der Waals surface area contributed by atoms with E-state index < -0.39 is 0 Å². The van der Waals surface area contributed by atoms with Crippen LogP contribution in [0.2, 0.25) is 0 Å². The SMILES string of the molecule is CCCCOCCOCCNC(=NCc1ccccc1[N+](=O)[O-])NCC. The first-order valence-corrected chi connectivity index (χ1v) is 9.09. The molecule has 1 rings (SSSR count). The normalized spacial score (nSPS) is 11.4. The summed E-state index contributed by atoms with van der Waals surface area (Å²) in [6.45, 7) is 8.11. The largest absolute Gasteiger partial charge is 0.379 e. The zero-order valence-corrected chi connectivity index (χ0v) is 15.7. The van der Waals surface area contributed by atoms with Crippen molar-refractivity contribution in [3.8, 4) is 0 Å². The minimum Gasteiger partial charge on any atom is -0.379 e. The maximum atomic E-state index is 11.0. The first kappa shape index (κ1) is 21.9. The van der Waals surface area contributed by atoms with Crippen molar-refractivity contribution in [1.29, 1.82) is 0 Å². The van der Waals surface area contributed by atoms with Gasteiger partial charge in [-0.2, -0.15) is 0 Å². The Kier molecular flexibility index (Phi) is 11.8. The number of nitro groups is 1. The summed E-state index contributed by atoms with van der Waals surface area (Å²) in [5.41, 5.74) is 0.661. The number of aliphatic imine (C=N–C) groups is 1. The molecule has 0 aliphatic rings. The lowest BCUT2D eigenvalue weighted by atomic mass is 10.2. The molecule has 1 aromatic carbocycles. The van der Waals surface area contributed by atoms with Crippen molar-refractivity contribution in [2.75, 3.05) is 39.5 Å². The van der Waals surface area contributed by atoms with E-state index in [0.717, 1.165) is 19.4 Å². The van der Waals surface area contributed by atoms with Gasteiger partial charge in [0, 0.05) is 25.8 Å². The maximum absolute atomic E-state index is 11.0. The number of rotatable bonds is 13. The van der Waals surface area contributed by atoms with Crippen LogP contribution in [0.15, 0.2) is 29.3 Å². The molecular weight excluding hydrogens is 336 g/mol. The quantitative estimate of drug-likeness (QED) is 0.183. The van der Waals surface area contributed by atoms with Gasteiger partial charge in [0.2, 0.25) is 0 Å². The number of hydrogen-bond acceptors (Lipinski definition) is 5. The van der Waals surface area contributed by atoms with E-state index in [4.69, 9.17) is 9.47 Å². The Hall–Kier alpha value is -2.19. The zero-order chi connectivity index (χ0) is 19.0. The fourth-order valence-corrected chi connectivity index (χ4v) is 2.14. The highest BCUT2D eigenvalue weighted by molar-refractivity contribution is 5.79. The summed E-state index contributed by atoms with van der Waals surface area (Å²) < 4.78 is 10.9. The Bertz CT molecular complexity index is 552. The molecule has 0 amide bonds. The number of unbranched alkanes of at least 4 members (excludes halogenated alkanes) is 1. The first-order valence-electron chi connectivity index (χ1n) is 9.09. The molecule has 0 heterocycles. The lowest BCUT2D eigenvalue weighted by Gasteiger charge is -2.11. The van der Waals surface area contributed by atoms with Crippen LogP contribution in [-0.4, -0.2) is 50.4 Å². The second kappa shape index (κ2) is 14.0. The fraction of sp³-hybridized carbons (Fsp3) is 0.611. The molecule has 146 valence electrons. The van der Waals surface area contributed by atoms with Gasteiger partial charge in [0.15, 0.2) is 5.96 Å². The topological polar surface area (TPSA) is 98.0 Å². The third-order valence-electron chi connectivity index (χ3n) is 3.49. The standard InChI is InChI=1S/C18H30N4O4/c1-3-5-11-25-13-14-26-12-10-20-18(19-4-2)21-15-16-8-6-7-9-17(16)22(23)24/h6-9H,3-5,10-15H2,1-2H3,(H2,19,20,21). The highest BCUT2D eigenvalue weighted by Crippen LogP contribution is 2.18. The molecule has 0 unspecified atom stereocenters. The molecule has 8 heteroatoms. The van der Waals surface area contributed by atoms with Crippen LogP contribution < -0.4 is 10.6 Å². The zero-order valence-electron chi connectivity index (χ0n) is 15.7. The summed E-state index contributed by atoms with van der Waals surface area (Å²) in [5, 5.41) is 17.3. The van der Waals surface area contributed by atoms with Crippen LogP contribution >= 0.6 is 0 Å². The molecule has 0 saturated heterocycles. The summed E-state index contributed by atoms with van der Waals surface area (Å²) in [5.74, 6) is 0.605. The van der Waals surface area contributed by atoms with E-state index in [1.807, 2.05) is 6.92 Å². The van der Waals surface area contributed by atoms with Crippen LogP contribution in [0.4, 0.5) is 5.69 Å². The van der Waals surface area contributed by atoms with Gasteiger partial charge in [-0.1, -0.05) is 31.5 Å². The number of nitrogens with zero attached hydrogens (tertiary/aromatic N) is 2. The van der Waals surface area contributed by atoms with Gasteiger partial charge < -0.3 is 20.1 Å². The fourth-order valence-electron chi connectivity index (χ4n) is 2.14. The van der Waals surface area contributed by atoms with Crippen LogP contribution in [0.1, 0.15) is 32.3 Å². The second-order valence-electron chi connectivity index (χ2n) is 5.59. The lowest BCUT2D eigenvalue weighted by molar-refractivity contribution is -0.385. The van der Waals surface area contributed by atoms with Crippen molar-refractivity contribution >= 4 is 11.6 Å². The van der Waals surface area contributed by atoms with Crippen LogP contribution in [0.25, 0.3) is 0 Å². The second-order valence-corrected chi connectivity index (χ2v) is 5.59. The molecule has 0 aliphatic heterocycles. The molecule has 2 N–H and O–H groups in total. The van der Waals surface area contributed by atoms with Gasteiger partial charge in [0.05, 0.1) is 36.9 Å². The average molecular weight is 366 g/mol. The van der Waals surface area contributed by atoms with Gasteiger partial charge in [-0.15, -0.1) is 0 Å². The van der Waals surface area contributed by atoms with E-state index in [-0.39, 0.29) is 17.2 Å². The molecule has 0 spiro atoms. The number of nitrogens with one attached hydrogen (secondary N) is 2. The van der Waals surface area contributed by atoms with Crippen LogP contribution in [0, 0.1) is 10.1 Å². The summed E-state index contributed by atoms with van der Waals surface area (Å²) >= 11 is 0. The van der Waals surface area contributed by atoms with Crippen LogP contribution in [-0.2, 0) is 16.0 Å². The third kappa shape index (κ3) is 9.33. The molecular formula is C18H30N4O4. The maximum Gasteiger partial charge on any atom is 0.274 e. The van der Waals surface area contributed by atoms with Crippen LogP contribution in [0.3, 0.4) is 0 Å². The minimum absolute atomic E-state index is 0.0819. The van der Waals surface area contributed by atoms with Gasteiger partial charge >= 0.3 is 0 Å². The molecule has 0 radical (unpaired) electrons. The molecule has 0 atom stereocenters. The monoisotopic (exact) mass is 366 g/mol. The number of ether oxygens (including phenoxy) is 2. The van der Waals surface area contributed by atoms with E-state index in [1.165, 1.54) is 6.07 Å². The Morgan fingerprint density at radius 2 is 1.85 bits per heavy atom. The van der Waals surface area contributed by atoms with Crippen molar-refractivity contribution in [3.05, 3.63) is 39.9 Å². The van der Waals surface area contributed by atoms with Gasteiger partial charge in [-0.25, -0.2) is 4.99 Å². The molecule has 0 bridgehead atoms. The van der Waals surface area contributed by atoms with E-state index >= 15 is 0 Å². The Morgan fingerprint density at radius 1 is 1.12 bits per heavy atom. The van der Waals surface area contributed by atoms with Gasteiger partial charge in [0.25, 0.3) is 5.69 Å². The highest BCUT2D eigenvalue weighted by Gasteiger charge is 2.11. The van der Waals surface area contributed by atoms with Crippen molar-refractivity contribution in [2.24, 2.45) is 4.99 Å². The average Bonchev–Trinajstić information content (AvgIpc) is 2.64. The predicted octanol–water partition coefficient (Wildman–Crippen LogP) is 2.48. The first-order chi connectivity index (χ1) is 12.7. The van der Waals surface area contributed by atoms with Crippen molar-refractivity contribution in [3.63, 3.8) is 0 Å². The summed E-state index contributed by atoms with van der Waals surface area (Å²) in [4.78, 5) is 15.1. The van der Waals surface area contributed by atoms with Crippen molar-refractivity contribution in [1.82, 2.24) is 10.6 Å². The van der Waals surface area contributed by atoms with E-state index in [9.17, 15) is 10.1 Å². The number of guanidine groups is 1. The predicted molar refractivity (Wildman–Crippen MR) is 102 cm³/mol. The molecule has 26 heavy (non-hydrogen) atoms. The Labute approximate surface area is 155 Å². The number of nitro benzene ring substituents is 1. The van der Waals surface area contributed by atoms with Gasteiger partial charge in [0.1, 0.15) is 0 Å². The smallest absolute Gasteiger partial charge is 0.274 e.